The van der Waals surface area contributed by atoms with Crippen LogP contribution in [0.25, 0.3) is 0 Å². The molecule has 0 bridgehead atoms. The first-order chi connectivity index (χ1) is 13.9. The van der Waals surface area contributed by atoms with E-state index >= 15 is 0 Å². The van der Waals surface area contributed by atoms with Crippen molar-refractivity contribution < 1.29 is 18.1 Å². The molecule has 0 aliphatic heterocycles. The summed E-state index contributed by atoms with van der Waals surface area (Å²) < 4.78 is 32.8. The molecular formula is C24H50O4S. The highest BCUT2D eigenvalue weighted by molar-refractivity contribution is 7.86. The first kappa shape index (κ1) is 28.9. The molecule has 0 heterocycles. The van der Waals surface area contributed by atoms with Crippen LogP contribution < -0.4 is 0 Å². The van der Waals surface area contributed by atoms with Crippen LogP contribution in [0.4, 0.5) is 0 Å². The smallest absolute Gasteiger partial charge is 0.267 e. The molecule has 2 atom stereocenters. The Balaban J connectivity index is 3.77. The number of aliphatic hydroxyl groups is 1. The van der Waals surface area contributed by atoms with Gasteiger partial charge in [0.2, 0.25) is 0 Å². The lowest BCUT2D eigenvalue weighted by molar-refractivity contribution is 0.146. The van der Waals surface area contributed by atoms with Gasteiger partial charge >= 0.3 is 0 Å². The van der Waals surface area contributed by atoms with Gasteiger partial charge in [-0.15, -0.1) is 0 Å². The van der Waals surface area contributed by atoms with Gasteiger partial charge in [-0.3, -0.25) is 4.55 Å². The molecule has 0 aromatic rings. The molecule has 0 aromatic carbocycles. The normalized spacial score (nSPS) is 14.2. The van der Waals surface area contributed by atoms with Gasteiger partial charge in [0.25, 0.3) is 10.1 Å². The van der Waals surface area contributed by atoms with E-state index in [0.717, 1.165) is 32.1 Å². The molecule has 4 nitrogen and oxygen atoms in total. The van der Waals surface area contributed by atoms with Crippen molar-refractivity contribution in [3.63, 3.8) is 0 Å². The van der Waals surface area contributed by atoms with Gasteiger partial charge in [0, 0.05) is 0 Å². The van der Waals surface area contributed by atoms with Crippen LogP contribution in [-0.4, -0.2) is 29.4 Å². The van der Waals surface area contributed by atoms with Crippen molar-refractivity contribution in [1.82, 2.24) is 0 Å². The van der Waals surface area contributed by atoms with Crippen LogP contribution in [0.5, 0.6) is 0 Å². The Kier molecular flexibility index (Phi) is 19.7. The predicted molar refractivity (Wildman–Crippen MR) is 125 cm³/mol. The topological polar surface area (TPSA) is 74.6 Å². The van der Waals surface area contributed by atoms with Gasteiger partial charge in [-0.25, -0.2) is 0 Å². The van der Waals surface area contributed by atoms with Crippen molar-refractivity contribution in [3.05, 3.63) is 0 Å². The number of unbranched alkanes of at least 4 members (excludes halogenated alkanes) is 15. The minimum atomic E-state index is -4.07. The van der Waals surface area contributed by atoms with E-state index in [1.807, 2.05) is 0 Å². The third kappa shape index (κ3) is 19.6. The van der Waals surface area contributed by atoms with Gasteiger partial charge in [-0.2, -0.15) is 8.42 Å². The molecule has 0 aliphatic rings. The summed E-state index contributed by atoms with van der Waals surface area (Å²) in [6, 6.07) is 0. The molecule has 0 spiro atoms. The quantitative estimate of drug-likeness (QED) is 0.137. The maximum atomic E-state index is 11.7. The summed E-state index contributed by atoms with van der Waals surface area (Å²) in [7, 11) is -4.07. The van der Waals surface area contributed by atoms with E-state index in [-0.39, 0.29) is 6.42 Å². The minimum Gasteiger partial charge on any atom is -0.393 e. The average molecular weight is 435 g/mol. The summed E-state index contributed by atoms with van der Waals surface area (Å²) in [5.74, 6) is 0. The van der Waals surface area contributed by atoms with E-state index in [9.17, 15) is 18.1 Å². The van der Waals surface area contributed by atoms with Crippen molar-refractivity contribution in [1.29, 1.82) is 0 Å². The zero-order chi connectivity index (χ0) is 21.8. The first-order valence-electron chi connectivity index (χ1n) is 12.6. The van der Waals surface area contributed by atoms with Gasteiger partial charge < -0.3 is 5.11 Å². The monoisotopic (exact) mass is 434 g/mol. The largest absolute Gasteiger partial charge is 0.393 e. The Morgan fingerprint density at radius 3 is 1.31 bits per heavy atom. The van der Waals surface area contributed by atoms with Crippen molar-refractivity contribution in [2.75, 3.05) is 0 Å². The van der Waals surface area contributed by atoms with Crippen molar-refractivity contribution in [2.24, 2.45) is 0 Å². The lowest BCUT2D eigenvalue weighted by Crippen LogP contribution is -2.26. The van der Waals surface area contributed by atoms with Crippen molar-refractivity contribution in [2.45, 2.75) is 154 Å². The Morgan fingerprint density at radius 1 is 0.586 bits per heavy atom. The summed E-state index contributed by atoms with van der Waals surface area (Å²) in [5, 5.41) is 9.35. The number of hydrogen-bond acceptors (Lipinski definition) is 3. The summed E-state index contributed by atoms with van der Waals surface area (Å²) in [6.45, 7) is 4.41. The van der Waals surface area contributed by atoms with Crippen LogP contribution in [0, 0.1) is 0 Å². The SMILES string of the molecule is CCCCCCCCCCCCCCC(CC(O)CCCCCCC)S(=O)(=O)O. The molecule has 0 rings (SSSR count). The number of aliphatic hydroxyl groups excluding tert-OH is 1. The van der Waals surface area contributed by atoms with E-state index in [1.54, 1.807) is 0 Å². The fraction of sp³-hybridized carbons (Fsp3) is 1.00. The van der Waals surface area contributed by atoms with E-state index < -0.39 is 21.5 Å². The second-order valence-electron chi connectivity index (χ2n) is 8.91. The summed E-state index contributed by atoms with van der Waals surface area (Å²) in [4.78, 5) is 0. The van der Waals surface area contributed by atoms with Gasteiger partial charge in [0.05, 0.1) is 11.4 Å². The third-order valence-corrected chi connectivity index (χ3v) is 7.25. The summed E-state index contributed by atoms with van der Waals surface area (Å²) in [5.41, 5.74) is 0. The molecule has 0 aromatic heterocycles. The highest BCUT2D eigenvalue weighted by Gasteiger charge is 2.25. The second-order valence-corrected chi connectivity index (χ2v) is 10.6. The van der Waals surface area contributed by atoms with E-state index in [1.165, 1.54) is 77.0 Å². The summed E-state index contributed by atoms with van der Waals surface area (Å²) in [6.07, 6.45) is 21.1. The Morgan fingerprint density at radius 2 is 0.931 bits per heavy atom. The van der Waals surface area contributed by atoms with Gasteiger partial charge in [0.15, 0.2) is 0 Å². The lowest BCUT2D eigenvalue weighted by atomic mass is 10.0. The molecule has 0 saturated carbocycles. The fourth-order valence-corrected chi connectivity index (χ4v) is 4.94. The van der Waals surface area contributed by atoms with Crippen molar-refractivity contribution in [3.8, 4) is 0 Å². The Hall–Kier alpha value is -0.130. The zero-order valence-corrected chi connectivity index (χ0v) is 20.2. The molecule has 0 aliphatic carbocycles. The van der Waals surface area contributed by atoms with Gasteiger partial charge in [-0.1, -0.05) is 123 Å². The second kappa shape index (κ2) is 19.8. The molecule has 176 valence electrons. The van der Waals surface area contributed by atoms with E-state index in [0.29, 0.717) is 12.8 Å². The molecule has 0 radical (unpaired) electrons. The van der Waals surface area contributed by atoms with E-state index in [2.05, 4.69) is 13.8 Å². The third-order valence-electron chi connectivity index (χ3n) is 5.98. The summed E-state index contributed by atoms with van der Waals surface area (Å²) >= 11 is 0. The molecular weight excluding hydrogens is 384 g/mol. The number of rotatable bonds is 22. The molecule has 29 heavy (non-hydrogen) atoms. The fourth-order valence-electron chi connectivity index (χ4n) is 4.01. The van der Waals surface area contributed by atoms with Crippen LogP contribution in [0.2, 0.25) is 0 Å². The standard InChI is InChI=1S/C24H50O4S/c1-3-5-7-9-10-11-12-13-14-15-17-19-21-24(29(26,27)28)22-23(25)20-18-16-8-6-4-2/h23-25H,3-22H2,1-2H3,(H,26,27,28). The maximum Gasteiger partial charge on any atom is 0.267 e. The first-order valence-corrected chi connectivity index (χ1v) is 14.1. The van der Waals surface area contributed by atoms with Crippen LogP contribution in [-0.2, 0) is 10.1 Å². The van der Waals surface area contributed by atoms with Crippen LogP contribution in [0.3, 0.4) is 0 Å². The Bertz CT molecular complexity index is 436. The van der Waals surface area contributed by atoms with Crippen LogP contribution >= 0.6 is 0 Å². The van der Waals surface area contributed by atoms with Crippen LogP contribution in [0.15, 0.2) is 0 Å². The maximum absolute atomic E-state index is 11.7. The molecule has 0 saturated heterocycles. The van der Waals surface area contributed by atoms with E-state index in [4.69, 9.17) is 0 Å². The molecule has 5 heteroatoms. The molecule has 0 fully saturated rings. The van der Waals surface area contributed by atoms with Gasteiger partial charge in [0.1, 0.15) is 0 Å². The molecule has 0 amide bonds. The Labute approximate surface area is 182 Å². The zero-order valence-electron chi connectivity index (χ0n) is 19.4. The van der Waals surface area contributed by atoms with Crippen molar-refractivity contribution >= 4 is 10.1 Å². The highest BCUT2D eigenvalue weighted by Crippen LogP contribution is 2.20. The molecule has 2 N–H and O–H groups in total. The lowest BCUT2D eigenvalue weighted by Gasteiger charge is -2.18. The van der Waals surface area contributed by atoms with Crippen LogP contribution in [0.1, 0.15) is 142 Å². The average Bonchev–Trinajstić information content (AvgIpc) is 2.67. The molecule has 2 unspecified atom stereocenters. The highest BCUT2D eigenvalue weighted by atomic mass is 32.2. The van der Waals surface area contributed by atoms with Gasteiger partial charge in [-0.05, 0) is 19.3 Å². The number of hydrogen-bond donors (Lipinski definition) is 2. The predicted octanol–water partition coefficient (Wildman–Crippen LogP) is 7.45. The minimum absolute atomic E-state index is 0.171.